The number of urea groups is 1. The summed E-state index contributed by atoms with van der Waals surface area (Å²) in [5, 5.41) is 14.7. The van der Waals surface area contributed by atoms with Gasteiger partial charge in [0.1, 0.15) is 0 Å². The second-order valence-corrected chi connectivity index (χ2v) is 6.45. The molecule has 2 unspecified atom stereocenters. The molecule has 0 aromatic heterocycles. The maximum absolute atomic E-state index is 12.3. The molecule has 0 radical (unpaired) electrons. The molecule has 25 heavy (non-hydrogen) atoms. The van der Waals surface area contributed by atoms with Gasteiger partial charge >= 0.3 is 12.0 Å². The molecule has 7 nitrogen and oxygen atoms in total. The molecular formula is C18H25N3O4. The van der Waals surface area contributed by atoms with Crippen LogP contribution in [0.25, 0.3) is 0 Å². The summed E-state index contributed by atoms with van der Waals surface area (Å²) in [4.78, 5) is 36.2. The Balaban J connectivity index is 1.89. The number of likely N-dealkylation sites (N-methyl/N-ethyl adjacent to an activating group) is 1. The number of likely N-dealkylation sites (tertiary alicyclic amines) is 1. The lowest BCUT2D eigenvalue weighted by molar-refractivity contribution is -0.137. The van der Waals surface area contributed by atoms with Gasteiger partial charge in [-0.15, -0.1) is 0 Å². The summed E-state index contributed by atoms with van der Waals surface area (Å²) in [6.07, 6.45) is 1.98. The van der Waals surface area contributed by atoms with Gasteiger partial charge in [0.25, 0.3) is 0 Å². The van der Waals surface area contributed by atoms with Crippen LogP contribution in [-0.4, -0.2) is 53.6 Å². The van der Waals surface area contributed by atoms with Crippen LogP contribution in [0.2, 0.25) is 0 Å². The molecule has 2 rings (SSSR count). The number of piperidine rings is 1. The first-order chi connectivity index (χ1) is 11.9. The third-order valence-electron chi connectivity index (χ3n) is 4.33. The molecule has 0 bridgehead atoms. The van der Waals surface area contributed by atoms with Crippen molar-refractivity contribution in [2.45, 2.75) is 44.2 Å². The smallest absolute Gasteiger partial charge is 0.315 e. The molecule has 1 heterocycles. The van der Waals surface area contributed by atoms with Gasteiger partial charge in [-0.05, 0) is 24.8 Å². The second kappa shape index (κ2) is 9.05. The highest BCUT2D eigenvalue weighted by molar-refractivity contribution is 5.78. The molecule has 1 aromatic carbocycles. The molecule has 0 saturated carbocycles. The Morgan fingerprint density at radius 2 is 2.04 bits per heavy atom. The fraction of sp³-hybridized carbons (Fsp3) is 0.500. The molecule has 3 amide bonds. The molecule has 1 saturated heterocycles. The largest absolute Gasteiger partial charge is 0.481 e. The number of nitrogens with zero attached hydrogens (tertiary/aromatic N) is 1. The molecule has 0 spiro atoms. The molecule has 3 N–H and O–H groups in total. The Bertz CT molecular complexity index is 606. The monoisotopic (exact) mass is 347 g/mol. The highest BCUT2D eigenvalue weighted by atomic mass is 16.4. The van der Waals surface area contributed by atoms with Gasteiger partial charge in [0, 0.05) is 38.5 Å². The van der Waals surface area contributed by atoms with Crippen molar-refractivity contribution in [2.24, 2.45) is 0 Å². The van der Waals surface area contributed by atoms with Crippen LogP contribution in [0.1, 0.15) is 31.2 Å². The minimum Gasteiger partial charge on any atom is -0.481 e. The first kappa shape index (κ1) is 18.8. The minimum absolute atomic E-state index is 0.00154. The number of hydrogen-bond donors (Lipinski definition) is 3. The molecule has 1 fully saturated rings. The fourth-order valence-electron chi connectivity index (χ4n) is 2.96. The summed E-state index contributed by atoms with van der Waals surface area (Å²) in [5.41, 5.74) is 1.04. The van der Waals surface area contributed by atoms with Crippen LogP contribution in [0, 0.1) is 0 Å². The molecule has 1 aromatic rings. The van der Waals surface area contributed by atoms with Crippen molar-refractivity contribution in [3.8, 4) is 0 Å². The highest BCUT2D eigenvalue weighted by Gasteiger charge is 2.24. The van der Waals surface area contributed by atoms with Crippen molar-refractivity contribution in [1.29, 1.82) is 0 Å². The molecule has 7 heteroatoms. The standard InChI is InChI=1S/C18H25N3O4/c1-21-12-15(7-9-16(21)22)20-18(25)19-14(8-10-17(23)24)11-13-5-3-2-4-6-13/h2-6,14-15H,7-12H2,1H3,(H,23,24)(H2,19,20,25). The average molecular weight is 347 g/mol. The number of hydrogen-bond acceptors (Lipinski definition) is 3. The maximum Gasteiger partial charge on any atom is 0.315 e. The molecule has 136 valence electrons. The molecule has 1 aliphatic rings. The maximum atomic E-state index is 12.3. The zero-order chi connectivity index (χ0) is 18.2. The van der Waals surface area contributed by atoms with Crippen molar-refractivity contribution >= 4 is 17.9 Å². The van der Waals surface area contributed by atoms with Crippen LogP contribution in [0.3, 0.4) is 0 Å². The molecular weight excluding hydrogens is 322 g/mol. The van der Waals surface area contributed by atoms with Gasteiger partial charge in [-0.2, -0.15) is 0 Å². The Labute approximate surface area is 147 Å². The van der Waals surface area contributed by atoms with Gasteiger partial charge < -0.3 is 20.6 Å². The van der Waals surface area contributed by atoms with Gasteiger partial charge in [0.2, 0.25) is 5.91 Å². The van der Waals surface area contributed by atoms with Crippen molar-refractivity contribution in [3.05, 3.63) is 35.9 Å². The van der Waals surface area contributed by atoms with E-state index in [1.807, 2.05) is 30.3 Å². The van der Waals surface area contributed by atoms with Crippen LogP contribution in [0.5, 0.6) is 0 Å². The van der Waals surface area contributed by atoms with E-state index in [1.165, 1.54) is 0 Å². The number of aliphatic carboxylic acids is 1. The van der Waals surface area contributed by atoms with E-state index in [0.29, 0.717) is 32.2 Å². The Morgan fingerprint density at radius 3 is 2.68 bits per heavy atom. The van der Waals surface area contributed by atoms with E-state index in [-0.39, 0.29) is 30.4 Å². The van der Waals surface area contributed by atoms with E-state index in [0.717, 1.165) is 5.56 Å². The van der Waals surface area contributed by atoms with Crippen LogP contribution in [0.4, 0.5) is 4.79 Å². The average Bonchev–Trinajstić information content (AvgIpc) is 2.57. The van der Waals surface area contributed by atoms with Gasteiger partial charge in [-0.3, -0.25) is 9.59 Å². The summed E-state index contributed by atoms with van der Waals surface area (Å²) in [6.45, 7) is 0.491. The number of nitrogens with one attached hydrogen (secondary N) is 2. The lowest BCUT2D eigenvalue weighted by Crippen LogP contribution is -2.53. The third kappa shape index (κ3) is 6.45. The number of benzene rings is 1. The van der Waals surface area contributed by atoms with E-state index >= 15 is 0 Å². The van der Waals surface area contributed by atoms with Crippen molar-refractivity contribution in [2.75, 3.05) is 13.6 Å². The first-order valence-corrected chi connectivity index (χ1v) is 8.50. The van der Waals surface area contributed by atoms with Gasteiger partial charge in [-0.1, -0.05) is 30.3 Å². The summed E-state index contributed by atoms with van der Waals surface area (Å²) in [6, 6.07) is 8.98. The van der Waals surface area contributed by atoms with E-state index in [1.54, 1.807) is 11.9 Å². The van der Waals surface area contributed by atoms with Gasteiger partial charge in [0.15, 0.2) is 0 Å². The van der Waals surface area contributed by atoms with Crippen molar-refractivity contribution in [1.82, 2.24) is 15.5 Å². The summed E-state index contributed by atoms with van der Waals surface area (Å²) in [5.74, 6) is -0.797. The van der Waals surface area contributed by atoms with E-state index in [4.69, 9.17) is 5.11 Å². The summed E-state index contributed by atoms with van der Waals surface area (Å²) < 4.78 is 0. The highest BCUT2D eigenvalue weighted by Crippen LogP contribution is 2.11. The Morgan fingerprint density at radius 1 is 1.32 bits per heavy atom. The van der Waals surface area contributed by atoms with Crippen LogP contribution in [-0.2, 0) is 16.0 Å². The van der Waals surface area contributed by atoms with Crippen molar-refractivity contribution < 1.29 is 19.5 Å². The molecule has 2 atom stereocenters. The van der Waals surface area contributed by atoms with Gasteiger partial charge in [-0.25, -0.2) is 4.79 Å². The van der Waals surface area contributed by atoms with E-state index in [2.05, 4.69) is 10.6 Å². The lowest BCUT2D eigenvalue weighted by atomic mass is 10.0. The van der Waals surface area contributed by atoms with Crippen LogP contribution < -0.4 is 10.6 Å². The number of rotatable bonds is 7. The SMILES string of the molecule is CN1CC(NC(=O)NC(CCC(=O)O)Cc2ccccc2)CCC1=O. The Kier molecular flexibility index (Phi) is 6.80. The van der Waals surface area contributed by atoms with Gasteiger partial charge in [0.05, 0.1) is 0 Å². The zero-order valence-corrected chi connectivity index (χ0v) is 14.4. The number of carbonyl (C=O) groups excluding carboxylic acids is 2. The number of carboxylic acid groups (broad SMARTS) is 1. The zero-order valence-electron chi connectivity index (χ0n) is 14.4. The van der Waals surface area contributed by atoms with Crippen LogP contribution in [0.15, 0.2) is 30.3 Å². The normalized spacial score (nSPS) is 18.5. The fourth-order valence-corrected chi connectivity index (χ4v) is 2.96. The predicted molar refractivity (Wildman–Crippen MR) is 93.1 cm³/mol. The summed E-state index contributed by atoms with van der Waals surface area (Å²) >= 11 is 0. The minimum atomic E-state index is -0.882. The second-order valence-electron chi connectivity index (χ2n) is 6.45. The predicted octanol–water partition coefficient (Wildman–Crippen LogP) is 1.38. The number of carboxylic acids is 1. The topological polar surface area (TPSA) is 98.7 Å². The summed E-state index contributed by atoms with van der Waals surface area (Å²) in [7, 11) is 1.72. The van der Waals surface area contributed by atoms with Crippen LogP contribution >= 0.6 is 0 Å². The third-order valence-corrected chi connectivity index (χ3v) is 4.33. The molecule has 1 aliphatic heterocycles. The first-order valence-electron chi connectivity index (χ1n) is 8.50. The quantitative estimate of drug-likeness (QED) is 0.694. The van der Waals surface area contributed by atoms with E-state index < -0.39 is 5.97 Å². The van der Waals surface area contributed by atoms with E-state index in [9.17, 15) is 14.4 Å². The molecule has 0 aliphatic carbocycles. The van der Waals surface area contributed by atoms with Crippen molar-refractivity contribution in [3.63, 3.8) is 0 Å². The lowest BCUT2D eigenvalue weighted by Gasteiger charge is -2.30. The number of carbonyl (C=O) groups is 3. The Hall–Kier alpha value is -2.57. The number of amides is 3.